The normalized spacial score (nSPS) is 10.5. The van der Waals surface area contributed by atoms with Crippen LogP contribution in [0.2, 0.25) is 0 Å². The lowest BCUT2D eigenvalue weighted by Gasteiger charge is -2.11. The standard InChI is InChI=1S/C14H14N6/c1-9-8-17-14(20-15)19-13(9)18-12-6-2-5-11-10(12)4-3-7-16-11/h2-8H,15H2,1H3,(H2,17,18,19,20). The van der Waals surface area contributed by atoms with Gasteiger partial charge in [0.15, 0.2) is 0 Å². The van der Waals surface area contributed by atoms with Gasteiger partial charge in [-0.3, -0.25) is 10.4 Å². The van der Waals surface area contributed by atoms with Crippen molar-refractivity contribution in [2.24, 2.45) is 5.84 Å². The quantitative estimate of drug-likeness (QED) is 0.498. The lowest BCUT2D eigenvalue weighted by atomic mass is 10.2. The van der Waals surface area contributed by atoms with E-state index in [0.717, 1.165) is 22.2 Å². The molecule has 3 rings (SSSR count). The van der Waals surface area contributed by atoms with Crippen molar-refractivity contribution in [2.45, 2.75) is 6.92 Å². The summed E-state index contributed by atoms with van der Waals surface area (Å²) in [6.07, 6.45) is 3.49. The SMILES string of the molecule is Cc1cnc(NN)nc1Nc1cccc2ncccc12. The third kappa shape index (κ3) is 2.24. The minimum Gasteiger partial charge on any atom is -0.339 e. The molecule has 0 aliphatic carbocycles. The van der Waals surface area contributed by atoms with Crippen molar-refractivity contribution in [1.29, 1.82) is 0 Å². The Morgan fingerprint density at radius 1 is 1.10 bits per heavy atom. The minimum absolute atomic E-state index is 0.372. The van der Waals surface area contributed by atoms with E-state index in [9.17, 15) is 0 Å². The third-order valence-corrected chi connectivity index (χ3v) is 3.00. The molecule has 2 aromatic heterocycles. The summed E-state index contributed by atoms with van der Waals surface area (Å²) in [5, 5.41) is 4.34. The van der Waals surface area contributed by atoms with E-state index in [2.05, 4.69) is 25.7 Å². The number of benzene rings is 1. The van der Waals surface area contributed by atoms with Crippen molar-refractivity contribution in [3.63, 3.8) is 0 Å². The van der Waals surface area contributed by atoms with Crippen LogP contribution in [-0.4, -0.2) is 15.0 Å². The summed E-state index contributed by atoms with van der Waals surface area (Å²) in [7, 11) is 0. The first-order chi connectivity index (χ1) is 9.78. The van der Waals surface area contributed by atoms with Crippen LogP contribution in [0.4, 0.5) is 17.5 Å². The Balaban J connectivity index is 2.05. The maximum absolute atomic E-state index is 5.34. The number of nitrogens with zero attached hydrogens (tertiary/aromatic N) is 3. The predicted molar refractivity (Wildman–Crippen MR) is 79.6 cm³/mol. The predicted octanol–water partition coefficient (Wildman–Crippen LogP) is 2.36. The first-order valence-electron chi connectivity index (χ1n) is 6.19. The van der Waals surface area contributed by atoms with E-state index in [1.165, 1.54) is 0 Å². The molecule has 6 heteroatoms. The summed E-state index contributed by atoms with van der Waals surface area (Å²) in [4.78, 5) is 12.7. The zero-order chi connectivity index (χ0) is 13.9. The van der Waals surface area contributed by atoms with E-state index in [1.54, 1.807) is 12.4 Å². The fourth-order valence-corrected chi connectivity index (χ4v) is 1.98. The van der Waals surface area contributed by atoms with Crippen molar-refractivity contribution in [2.75, 3.05) is 10.7 Å². The van der Waals surface area contributed by atoms with Crippen LogP contribution in [0.5, 0.6) is 0 Å². The number of hydrogen-bond acceptors (Lipinski definition) is 6. The Morgan fingerprint density at radius 3 is 2.85 bits per heavy atom. The molecule has 0 aliphatic heterocycles. The second-order valence-electron chi connectivity index (χ2n) is 4.37. The molecule has 6 nitrogen and oxygen atoms in total. The highest BCUT2D eigenvalue weighted by molar-refractivity contribution is 5.92. The molecule has 0 amide bonds. The van der Waals surface area contributed by atoms with Gasteiger partial charge in [-0.15, -0.1) is 0 Å². The summed E-state index contributed by atoms with van der Waals surface area (Å²) < 4.78 is 0. The van der Waals surface area contributed by atoms with Crippen LogP contribution >= 0.6 is 0 Å². The number of hydrogen-bond donors (Lipinski definition) is 3. The first kappa shape index (κ1) is 12.3. The number of nitrogen functional groups attached to an aromatic ring is 1. The molecule has 0 radical (unpaired) electrons. The average Bonchev–Trinajstić information content (AvgIpc) is 2.50. The third-order valence-electron chi connectivity index (χ3n) is 3.00. The van der Waals surface area contributed by atoms with Crippen LogP contribution in [-0.2, 0) is 0 Å². The Hall–Kier alpha value is -2.73. The van der Waals surface area contributed by atoms with E-state index < -0.39 is 0 Å². The topological polar surface area (TPSA) is 88.8 Å². The van der Waals surface area contributed by atoms with Crippen LogP contribution in [0.3, 0.4) is 0 Å². The average molecular weight is 266 g/mol. The highest BCUT2D eigenvalue weighted by Gasteiger charge is 2.06. The van der Waals surface area contributed by atoms with E-state index in [4.69, 9.17) is 5.84 Å². The van der Waals surface area contributed by atoms with Gasteiger partial charge in [-0.2, -0.15) is 4.98 Å². The lowest BCUT2D eigenvalue weighted by molar-refractivity contribution is 1.09. The molecule has 4 N–H and O–H groups in total. The van der Waals surface area contributed by atoms with Gasteiger partial charge in [0, 0.05) is 29.0 Å². The molecular formula is C14H14N6. The van der Waals surface area contributed by atoms with Gasteiger partial charge < -0.3 is 5.32 Å². The number of hydrazine groups is 1. The zero-order valence-corrected chi connectivity index (χ0v) is 11.0. The van der Waals surface area contributed by atoms with E-state index in [0.29, 0.717) is 11.8 Å². The first-order valence-corrected chi connectivity index (χ1v) is 6.19. The molecule has 0 saturated carbocycles. The maximum atomic E-state index is 5.34. The van der Waals surface area contributed by atoms with Crippen molar-refractivity contribution in [3.05, 3.63) is 48.3 Å². The number of fused-ring (bicyclic) bond motifs is 1. The second-order valence-corrected chi connectivity index (χ2v) is 4.37. The molecular weight excluding hydrogens is 252 g/mol. The van der Waals surface area contributed by atoms with Crippen LogP contribution in [0, 0.1) is 6.92 Å². The van der Waals surface area contributed by atoms with Gasteiger partial charge in [-0.1, -0.05) is 6.07 Å². The summed E-state index contributed by atoms with van der Waals surface area (Å²) in [6, 6.07) is 9.84. The number of aromatic nitrogens is 3. The number of aryl methyl sites for hydroxylation is 1. The number of nitrogens with two attached hydrogens (primary N) is 1. The number of pyridine rings is 1. The highest BCUT2D eigenvalue weighted by Crippen LogP contribution is 2.25. The number of rotatable bonds is 3. The van der Waals surface area contributed by atoms with E-state index in [-0.39, 0.29) is 0 Å². The fourth-order valence-electron chi connectivity index (χ4n) is 1.98. The fraction of sp³-hybridized carbons (Fsp3) is 0.0714. The van der Waals surface area contributed by atoms with Gasteiger partial charge in [0.1, 0.15) is 5.82 Å². The summed E-state index contributed by atoms with van der Waals surface area (Å²) >= 11 is 0. The molecule has 0 fully saturated rings. The minimum atomic E-state index is 0.372. The monoisotopic (exact) mass is 266 g/mol. The zero-order valence-electron chi connectivity index (χ0n) is 11.0. The van der Waals surface area contributed by atoms with Gasteiger partial charge in [0.25, 0.3) is 0 Å². The Morgan fingerprint density at radius 2 is 2.00 bits per heavy atom. The molecule has 3 aromatic rings. The number of anilines is 3. The van der Waals surface area contributed by atoms with Gasteiger partial charge in [0.05, 0.1) is 5.52 Å². The lowest BCUT2D eigenvalue weighted by Crippen LogP contribution is -2.11. The molecule has 20 heavy (non-hydrogen) atoms. The van der Waals surface area contributed by atoms with Crippen molar-refractivity contribution in [1.82, 2.24) is 15.0 Å². The van der Waals surface area contributed by atoms with E-state index in [1.807, 2.05) is 37.3 Å². The Kier molecular flexibility index (Phi) is 3.14. The smallest absolute Gasteiger partial charge is 0.239 e. The molecule has 0 atom stereocenters. The van der Waals surface area contributed by atoms with Crippen molar-refractivity contribution in [3.8, 4) is 0 Å². The highest BCUT2D eigenvalue weighted by atomic mass is 15.3. The molecule has 0 bridgehead atoms. The van der Waals surface area contributed by atoms with Gasteiger partial charge in [0.2, 0.25) is 5.95 Å². The molecule has 100 valence electrons. The van der Waals surface area contributed by atoms with Gasteiger partial charge in [-0.25, -0.2) is 10.8 Å². The number of nitrogens with one attached hydrogen (secondary N) is 2. The summed E-state index contributed by atoms with van der Waals surface area (Å²) in [6.45, 7) is 1.94. The molecule has 0 spiro atoms. The van der Waals surface area contributed by atoms with Crippen molar-refractivity contribution >= 4 is 28.4 Å². The summed E-state index contributed by atoms with van der Waals surface area (Å²) in [5.41, 5.74) is 5.25. The van der Waals surface area contributed by atoms with Crippen LogP contribution < -0.4 is 16.6 Å². The Labute approximate surface area is 116 Å². The largest absolute Gasteiger partial charge is 0.339 e. The van der Waals surface area contributed by atoms with Crippen LogP contribution in [0.25, 0.3) is 10.9 Å². The summed E-state index contributed by atoms with van der Waals surface area (Å²) in [5.74, 6) is 6.42. The van der Waals surface area contributed by atoms with Crippen LogP contribution in [0.1, 0.15) is 5.56 Å². The molecule has 1 aromatic carbocycles. The Bertz CT molecular complexity index is 750. The molecule has 0 aliphatic rings. The molecule has 0 unspecified atom stereocenters. The van der Waals surface area contributed by atoms with Gasteiger partial charge >= 0.3 is 0 Å². The molecule has 2 heterocycles. The van der Waals surface area contributed by atoms with E-state index >= 15 is 0 Å². The van der Waals surface area contributed by atoms with Gasteiger partial charge in [-0.05, 0) is 31.2 Å². The second kappa shape index (κ2) is 5.10. The van der Waals surface area contributed by atoms with Crippen molar-refractivity contribution < 1.29 is 0 Å². The molecule has 0 saturated heterocycles. The van der Waals surface area contributed by atoms with Crippen LogP contribution in [0.15, 0.2) is 42.7 Å². The maximum Gasteiger partial charge on any atom is 0.239 e.